The van der Waals surface area contributed by atoms with Crippen molar-refractivity contribution in [3.05, 3.63) is 29.3 Å². The van der Waals surface area contributed by atoms with Crippen LogP contribution in [0.1, 0.15) is 24.0 Å². The summed E-state index contributed by atoms with van der Waals surface area (Å²) in [4.78, 5) is 26.5. The highest BCUT2D eigenvalue weighted by atomic mass is 16.5. The van der Waals surface area contributed by atoms with Crippen molar-refractivity contribution in [1.29, 1.82) is 0 Å². The summed E-state index contributed by atoms with van der Waals surface area (Å²) in [5.74, 6) is -0.289. The second-order valence-corrected chi connectivity index (χ2v) is 6.55. The van der Waals surface area contributed by atoms with Crippen molar-refractivity contribution in [3.63, 3.8) is 0 Å². The molecular formula is C18H27N3O3. The van der Waals surface area contributed by atoms with Crippen LogP contribution in [0.3, 0.4) is 0 Å². The minimum absolute atomic E-state index is 0.00875. The normalized spacial score (nSPS) is 16.5. The second kappa shape index (κ2) is 7.77. The zero-order valence-electron chi connectivity index (χ0n) is 14.7. The second-order valence-electron chi connectivity index (χ2n) is 6.55. The molecule has 3 N–H and O–H groups in total. The van der Waals surface area contributed by atoms with Crippen LogP contribution in [0.25, 0.3) is 0 Å². The summed E-state index contributed by atoms with van der Waals surface area (Å²) in [6, 6.07) is 5.76. The fraction of sp³-hybridized carbons (Fsp3) is 0.556. The first-order valence-corrected chi connectivity index (χ1v) is 8.29. The van der Waals surface area contributed by atoms with E-state index in [4.69, 9.17) is 10.5 Å². The lowest BCUT2D eigenvalue weighted by atomic mass is 9.79. The molecule has 24 heavy (non-hydrogen) atoms. The smallest absolute Gasteiger partial charge is 0.243 e. The number of rotatable bonds is 5. The van der Waals surface area contributed by atoms with Crippen molar-refractivity contribution < 1.29 is 14.3 Å². The molecular weight excluding hydrogens is 306 g/mol. The molecule has 1 aromatic rings. The van der Waals surface area contributed by atoms with Crippen LogP contribution in [0.5, 0.6) is 0 Å². The summed E-state index contributed by atoms with van der Waals surface area (Å²) in [5, 5.41) is 2.88. The quantitative estimate of drug-likeness (QED) is 0.854. The SMILES string of the molecule is Cc1cccc(NC(=O)CN(C)C(=O)C2(CN)CCOCC2)c1C. The van der Waals surface area contributed by atoms with Gasteiger partial charge in [-0.05, 0) is 43.9 Å². The van der Waals surface area contributed by atoms with Gasteiger partial charge in [-0.25, -0.2) is 0 Å². The van der Waals surface area contributed by atoms with Gasteiger partial charge in [-0.1, -0.05) is 12.1 Å². The fourth-order valence-corrected chi connectivity index (χ4v) is 3.04. The number of carbonyl (C=O) groups is 2. The lowest BCUT2D eigenvalue weighted by molar-refractivity contribution is -0.147. The Morgan fingerprint density at radius 3 is 2.58 bits per heavy atom. The highest BCUT2D eigenvalue weighted by Gasteiger charge is 2.40. The maximum absolute atomic E-state index is 12.8. The maximum atomic E-state index is 12.8. The number of likely N-dealkylation sites (N-methyl/N-ethyl adjacent to an activating group) is 1. The molecule has 6 heteroatoms. The lowest BCUT2D eigenvalue weighted by Crippen LogP contribution is -2.51. The third kappa shape index (κ3) is 3.94. The highest BCUT2D eigenvalue weighted by molar-refractivity contribution is 5.96. The molecule has 0 atom stereocenters. The predicted molar refractivity (Wildman–Crippen MR) is 93.7 cm³/mol. The topological polar surface area (TPSA) is 84.7 Å². The van der Waals surface area contributed by atoms with E-state index in [0.29, 0.717) is 26.1 Å². The number of nitrogens with two attached hydrogens (primary N) is 1. The number of nitrogens with zero attached hydrogens (tertiary/aromatic N) is 1. The van der Waals surface area contributed by atoms with Crippen LogP contribution in [-0.4, -0.2) is 50.1 Å². The molecule has 0 radical (unpaired) electrons. The predicted octanol–water partition coefficient (Wildman–Crippen LogP) is 1.46. The van der Waals surface area contributed by atoms with Crippen LogP contribution in [0.15, 0.2) is 18.2 Å². The van der Waals surface area contributed by atoms with E-state index < -0.39 is 5.41 Å². The Hall–Kier alpha value is -1.92. The summed E-state index contributed by atoms with van der Waals surface area (Å²) < 4.78 is 5.34. The van der Waals surface area contributed by atoms with Crippen LogP contribution in [0.2, 0.25) is 0 Å². The van der Waals surface area contributed by atoms with Crippen LogP contribution in [0.4, 0.5) is 5.69 Å². The molecule has 0 spiro atoms. The molecule has 0 saturated carbocycles. The summed E-state index contributed by atoms with van der Waals surface area (Å²) >= 11 is 0. The largest absolute Gasteiger partial charge is 0.381 e. The van der Waals surface area contributed by atoms with Crippen molar-refractivity contribution in [1.82, 2.24) is 4.90 Å². The Bertz CT molecular complexity index is 610. The van der Waals surface area contributed by atoms with E-state index in [1.165, 1.54) is 4.90 Å². The van der Waals surface area contributed by atoms with Crippen LogP contribution >= 0.6 is 0 Å². The number of aryl methyl sites for hydroxylation is 1. The molecule has 0 unspecified atom stereocenters. The molecule has 6 nitrogen and oxygen atoms in total. The summed E-state index contributed by atoms with van der Waals surface area (Å²) in [7, 11) is 1.65. The monoisotopic (exact) mass is 333 g/mol. The van der Waals surface area contributed by atoms with Gasteiger partial charge in [0, 0.05) is 32.5 Å². The van der Waals surface area contributed by atoms with Gasteiger partial charge in [-0.3, -0.25) is 9.59 Å². The van der Waals surface area contributed by atoms with Crippen molar-refractivity contribution in [2.24, 2.45) is 11.1 Å². The van der Waals surface area contributed by atoms with Gasteiger partial charge in [0.25, 0.3) is 0 Å². The number of hydrogen-bond acceptors (Lipinski definition) is 4. The summed E-state index contributed by atoms with van der Waals surface area (Å²) in [6.45, 7) is 5.31. The molecule has 0 aliphatic carbocycles. The molecule has 1 aliphatic heterocycles. The van der Waals surface area contributed by atoms with E-state index in [1.807, 2.05) is 32.0 Å². The zero-order chi connectivity index (χ0) is 17.7. The Kier molecular flexibility index (Phi) is 5.96. The lowest BCUT2D eigenvalue weighted by Gasteiger charge is -2.37. The van der Waals surface area contributed by atoms with E-state index >= 15 is 0 Å². The van der Waals surface area contributed by atoms with E-state index in [-0.39, 0.29) is 24.9 Å². The van der Waals surface area contributed by atoms with Gasteiger partial charge in [0.05, 0.1) is 12.0 Å². The molecule has 1 saturated heterocycles. The average molecular weight is 333 g/mol. The highest BCUT2D eigenvalue weighted by Crippen LogP contribution is 2.31. The molecule has 1 fully saturated rings. The Morgan fingerprint density at radius 2 is 1.96 bits per heavy atom. The summed E-state index contributed by atoms with van der Waals surface area (Å²) in [5.41, 5.74) is 8.18. The van der Waals surface area contributed by atoms with E-state index in [2.05, 4.69) is 5.32 Å². The van der Waals surface area contributed by atoms with Crippen molar-refractivity contribution in [3.8, 4) is 0 Å². The van der Waals surface area contributed by atoms with Gasteiger partial charge in [-0.15, -0.1) is 0 Å². The number of nitrogens with one attached hydrogen (secondary N) is 1. The minimum atomic E-state index is -0.605. The van der Waals surface area contributed by atoms with E-state index in [1.54, 1.807) is 7.05 Å². The van der Waals surface area contributed by atoms with Gasteiger partial charge in [0.1, 0.15) is 0 Å². The molecule has 132 valence electrons. The number of hydrogen-bond donors (Lipinski definition) is 2. The third-order valence-corrected chi connectivity index (χ3v) is 4.90. The number of anilines is 1. The minimum Gasteiger partial charge on any atom is -0.381 e. The zero-order valence-corrected chi connectivity index (χ0v) is 14.7. The van der Waals surface area contributed by atoms with Crippen molar-refractivity contribution in [2.45, 2.75) is 26.7 Å². The van der Waals surface area contributed by atoms with Gasteiger partial charge in [0.2, 0.25) is 11.8 Å². The first-order valence-electron chi connectivity index (χ1n) is 8.29. The van der Waals surface area contributed by atoms with Crippen molar-refractivity contribution in [2.75, 3.05) is 38.7 Å². The molecule has 2 amide bonds. The molecule has 1 heterocycles. The molecule has 1 aliphatic rings. The standard InChI is InChI=1S/C18H27N3O3/c1-13-5-4-6-15(14(13)2)20-16(22)11-21(3)17(23)18(12-19)7-9-24-10-8-18/h4-6H,7-12,19H2,1-3H3,(H,20,22). The molecule has 1 aromatic carbocycles. The van der Waals surface area contributed by atoms with Crippen molar-refractivity contribution >= 4 is 17.5 Å². The fourth-order valence-electron chi connectivity index (χ4n) is 3.04. The number of amides is 2. The number of carbonyl (C=O) groups excluding carboxylic acids is 2. The maximum Gasteiger partial charge on any atom is 0.243 e. The van der Waals surface area contributed by atoms with Gasteiger partial charge in [0.15, 0.2) is 0 Å². The van der Waals surface area contributed by atoms with E-state index in [9.17, 15) is 9.59 Å². The third-order valence-electron chi connectivity index (χ3n) is 4.90. The Labute approximate surface area is 143 Å². The molecule has 0 bridgehead atoms. The van der Waals surface area contributed by atoms with Gasteiger partial charge in [-0.2, -0.15) is 0 Å². The molecule has 2 rings (SSSR count). The summed E-state index contributed by atoms with van der Waals surface area (Å²) in [6.07, 6.45) is 1.20. The Morgan fingerprint density at radius 1 is 1.29 bits per heavy atom. The van der Waals surface area contributed by atoms with Crippen LogP contribution < -0.4 is 11.1 Å². The average Bonchev–Trinajstić information content (AvgIpc) is 2.58. The first-order chi connectivity index (χ1) is 11.4. The number of benzene rings is 1. The van der Waals surface area contributed by atoms with Crippen LogP contribution in [0, 0.1) is 19.3 Å². The number of ether oxygens (including phenoxy) is 1. The van der Waals surface area contributed by atoms with Gasteiger partial charge >= 0.3 is 0 Å². The Balaban J connectivity index is 2.00. The van der Waals surface area contributed by atoms with Gasteiger partial charge < -0.3 is 20.7 Å². The molecule has 0 aromatic heterocycles. The van der Waals surface area contributed by atoms with E-state index in [0.717, 1.165) is 16.8 Å². The van der Waals surface area contributed by atoms with Crippen LogP contribution in [-0.2, 0) is 14.3 Å². The first kappa shape index (κ1) is 18.4.